The molecule has 0 aliphatic carbocycles. The van der Waals surface area contributed by atoms with E-state index in [1.54, 1.807) is 12.1 Å². The number of phenols is 2. The molecule has 2 aromatic rings. The molecule has 0 radical (unpaired) electrons. The van der Waals surface area contributed by atoms with E-state index in [0.717, 1.165) is 18.8 Å². The molecule has 24 heavy (non-hydrogen) atoms. The lowest BCUT2D eigenvalue weighted by molar-refractivity contribution is -0.384. The summed E-state index contributed by atoms with van der Waals surface area (Å²) in [6.07, 6.45) is 1.38. The lowest BCUT2D eigenvalue weighted by Gasteiger charge is -2.21. The number of aliphatic imine (C=N–C) groups is 1. The number of phenolic OH excluding ortho intramolecular Hbond substituents is 2. The highest BCUT2D eigenvalue weighted by Gasteiger charge is 2.10. The Hall–Kier alpha value is -3.09. The molecule has 0 atom stereocenters. The summed E-state index contributed by atoms with van der Waals surface area (Å²) in [6, 6.07) is 8.76. The van der Waals surface area contributed by atoms with Crippen LogP contribution in [0.25, 0.3) is 0 Å². The van der Waals surface area contributed by atoms with Crippen LogP contribution in [0.5, 0.6) is 11.5 Å². The summed E-state index contributed by atoms with van der Waals surface area (Å²) in [6.45, 7) is 5.71. The number of nitro benzene ring substituents is 1. The molecule has 0 heterocycles. The standard InChI is InChI=1S/C17H19N3O4/c1-3-19(4-2)13-5-7-16(21)12(9-13)11-18-15-10-14(20(23)24)6-8-17(15)22/h5-11,21-22H,3-4H2,1-2H3. The van der Waals surface area contributed by atoms with Crippen LogP contribution in [0, 0.1) is 10.1 Å². The Labute approximate surface area is 139 Å². The predicted octanol–water partition coefficient (Wildman–Crippen LogP) is 3.60. The molecule has 7 nitrogen and oxygen atoms in total. The topological polar surface area (TPSA) is 99.2 Å². The molecule has 126 valence electrons. The molecule has 2 aromatic carbocycles. The van der Waals surface area contributed by atoms with Gasteiger partial charge in [0.1, 0.15) is 17.2 Å². The van der Waals surface area contributed by atoms with E-state index in [4.69, 9.17) is 0 Å². The number of hydrogen-bond donors (Lipinski definition) is 2. The van der Waals surface area contributed by atoms with Crippen LogP contribution in [0.4, 0.5) is 17.1 Å². The molecule has 0 aliphatic rings. The minimum absolute atomic E-state index is 0.0413. The van der Waals surface area contributed by atoms with Gasteiger partial charge in [0.05, 0.1) is 4.92 Å². The van der Waals surface area contributed by atoms with E-state index >= 15 is 0 Å². The van der Waals surface area contributed by atoms with Crippen LogP contribution >= 0.6 is 0 Å². The Kier molecular flexibility index (Phi) is 5.36. The molecule has 0 unspecified atom stereocenters. The van der Waals surface area contributed by atoms with Gasteiger partial charge in [-0.2, -0.15) is 0 Å². The van der Waals surface area contributed by atoms with E-state index in [1.807, 2.05) is 19.9 Å². The average molecular weight is 329 g/mol. The maximum absolute atomic E-state index is 10.8. The van der Waals surface area contributed by atoms with Gasteiger partial charge in [0.15, 0.2) is 0 Å². The Morgan fingerprint density at radius 2 is 1.79 bits per heavy atom. The van der Waals surface area contributed by atoms with Crippen molar-refractivity contribution in [2.75, 3.05) is 18.0 Å². The second-order valence-electron chi connectivity index (χ2n) is 5.10. The first kappa shape index (κ1) is 17.3. The van der Waals surface area contributed by atoms with Crippen LogP contribution in [0.3, 0.4) is 0 Å². The summed E-state index contributed by atoms with van der Waals surface area (Å²) < 4.78 is 0. The van der Waals surface area contributed by atoms with Crippen molar-refractivity contribution < 1.29 is 15.1 Å². The van der Waals surface area contributed by atoms with Gasteiger partial charge >= 0.3 is 0 Å². The Bertz CT molecular complexity index is 770. The number of anilines is 1. The first-order chi connectivity index (χ1) is 11.5. The maximum atomic E-state index is 10.8. The fraction of sp³-hybridized carbons (Fsp3) is 0.235. The molecule has 0 aromatic heterocycles. The van der Waals surface area contributed by atoms with E-state index in [9.17, 15) is 20.3 Å². The monoisotopic (exact) mass is 329 g/mol. The molecule has 2 rings (SSSR count). The number of benzene rings is 2. The van der Waals surface area contributed by atoms with Gasteiger partial charge in [0, 0.05) is 42.7 Å². The lowest BCUT2D eigenvalue weighted by Crippen LogP contribution is -2.21. The summed E-state index contributed by atoms with van der Waals surface area (Å²) in [4.78, 5) is 16.4. The summed E-state index contributed by atoms with van der Waals surface area (Å²) in [5.41, 5.74) is 1.30. The third-order valence-corrected chi connectivity index (χ3v) is 3.65. The molecule has 0 bridgehead atoms. The third-order valence-electron chi connectivity index (χ3n) is 3.65. The van der Waals surface area contributed by atoms with Gasteiger partial charge in [-0.1, -0.05) is 0 Å². The number of non-ortho nitro benzene ring substituents is 1. The van der Waals surface area contributed by atoms with Gasteiger partial charge in [-0.15, -0.1) is 0 Å². The van der Waals surface area contributed by atoms with Gasteiger partial charge in [-0.25, -0.2) is 0 Å². The molecular weight excluding hydrogens is 310 g/mol. The third kappa shape index (κ3) is 3.81. The van der Waals surface area contributed by atoms with Gasteiger partial charge in [0.2, 0.25) is 0 Å². The van der Waals surface area contributed by atoms with Gasteiger partial charge in [-0.05, 0) is 38.1 Å². The number of aromatic hydroxyl groups is 2. The van der Waals surface area contributed by atoms with Crippen molar-refractivity contribution in [3.8, 4) is 11.5 Å². The van der Waals surface area contributed by atoms with E-state index in [1.165, 1.54) is 24.4 Å². The number of nitro groups is 1. The number of rotatable bonds is 6. The van der Waals surface area contributed by atoms with E-state index in [2.05, 4.69) is 9.89 Å². The van der Waals surface area contributed by atoms with E-state index < -0.39 is 4.92 Å². The Morgan fingerprint density at radius 3 is 2.42 bits per heavy atom. The predicted molar refractivity (Wildman–Crippen MR) is 93.7 cm³/mol. The molecule has 2 N–H and O–H groups in total. The highest BCUT2D eigenvalue weighted by Crippen LogP contribution is 2.31. The van der Waals surface area contributed by atoms with Crippen LogP contribution in [0.1, 0.15) is 19.4 Å². The lowest BCUT2D eigenvalue weighted by atomic mass is 10.1. The first-order valence-electron chi connectivity index (χ1n) is 7.55. The molecule has 0 fully saturated rings. The van der Waals surface area contributed by atoms with Crippen molar-refractivity contribution >= 4 is 23.3 Å². The Balaban J connectivity index is 2.37. The second-order valence-corrected chi connectivity index (χ2v) is 5.10. The zero-order valence-electron chi connectivity index (χ0n) is 13.5. The average Bonchev–Trinajstić information content (AvgIpc) is 2.57. The van der Waals surface area contributed by atoms with Crippen molar-refractivity contribution in [2.24, 2.45) is 4.99 Å². The van der Waals surface area contributed by atoms with Crippen molar-refractivity contribution in [1.82, 2.24) is 0 Å². The maximum Gasteiger partial charge on any atom is 0.271 e. The SMILES string of the molecule is CCN(CC)c1ccc(O)c(C=Nc2cc([N+](=O)[O-])ccc2O)c1. The fourth-order valence-electron chi connectivity index (χ4n) is 2.30. The van der Waals surface area contributed by atoms with Gasteiger partial charge < -0.3 is 15.1 Å². The summed E-state index contributed by atoms with van der Waals surface area (Å²) in [7, 11) is 0. The van der Waals surface area contributed by atoms with Crippen LogP contribution in [0.2, 0.25) is 0 Å². The summed E-state index contributed by atoms with van der Waals surface area (Å²) >= 11 is 0. The number of nitrogens with zero attached hydrogens (tertiary/aromatic N) is 3. The highest BCUT2D eigenvalue weighted by atomic mass is 16.6. The fourth-order valence-corrected chi connectivity index (χ4v) is 2.30. The molecule has 7 heteroatoms. The normalized spacial score (nSPS) is 10.9. The van der Waals surface area contributed by atoms with E-state index in [-0.39, 0.29) is 22.9 Å². The van der Waals surface area contributed by atoms with Crippen LogP contribution in [-0.4, -0.2) is 34.4 Å². The minimum Gasteiger partial charge on any atom is -0.507 e. The summed E-state index contributed by atoms with van der Waals surface area (Å²) in [5.74, 6) is -0.129. The van der Waals surface area contributed by atoms with Gasteiger partial charge in [0.25, 0.3) is 5.69 Å². The smallest absolute Gasteiger partial charge is 0.271 e. The van der Waals surface area contributed by atoms with Crippen LogP contribution < -0.4 is 4.90 Å². The first-order valence-corrected chi connectivity index (χ1v) is 7.55. The zero-order valence-corrected chi connectivity index (χ0v) is 13.5. The molecule has 0 spiro atoms. The van der Waals surface area contributed by atoms with Crippen molar-refractivity contribution in [1.29, 1.82) is 0 Å². The highest BCUT2D eigenvalue weighted by molar-refractivity contribution is 5.87. The molecule has 0 amide bonds. The quantitative estimate of drug-likeness (QED) is 0.479. The van der Waals surface area contributed by atoms with Crippen LogP contribution in [-0.2, 0) is 0 Å². The van der Waals surface area contributed by atoms with Crippen molar-refractivity contribution in [3.63, 3.8) is 0 Å². The van der Waals surface area contributed by atoms with Crippen molar-refractivity contribution in [2.45, 2.75) is 13.8 Å². The molecular formula is C17H19N3O4. The van der Waals surface area contributed by atoms with Gasteiger partial charge in [-0.3, -0.25) is 15.1 Å². The summed E-state index contributed by atoms with van der Waals surface area (Å²) in [5, 5.41) is 30.6. The molecule has 0 saturated heterocycles. The largest absolute Gasteiger partial charge is 0.507 e. The minimum atomic E-state index is -0.559. The molecule has 0 aliphatic heterocycles. The second kappa shape index (κ2) is 7.45. The van der Waals surface area contributed by atoms with E-state index in [0.29, 0.717) is 5.56 Å². The number of hydrogen-bond acceptors (Lipinski definition) is 6. The van der Waals surface area contributed by atoms with Crippen LogP contribution in [0.15, 0.2) is 41.4 Å². The molecule has 0 saturated carbocycles. The Morgan fingerprint density at radius 1 is 1.12 bits per heavy atom. The zero-order chi connectivity index (χ0) is 17.7. The van der Waals surface area contributed by atoms with Crippen molar-refractivity contribution in [3.05, 3.63) is 52.1 Å².